The van der Waals surface area contributed by atoms with E-state index in [-0.39, 0.29) is 98.1 Å². The number of unbranched alkanes of at least 4 members (excludes halogenated alkanes) is 4. The molecule has 0 bridgehead atoms. The first kappa shape index (κ1) is 28.4. The molecule has 0 atom stereocenters. The normalized spacial score (nSPS) is 9.18. The molecule has 0 aromatic carbocycles. The van der Waals surface area contributed by atoms with Gasteiger partial charge in [-0.3, -0.25) is 7.05 Å². The zero-order valence-corrected chi connectivity index (χ0v) is 20.0. The van der Waals surface area contributed by atoms with Gasteiger partial charge in [0.1, 0.15) is 0 Å². The van der Waals surface area contributed by atoms with Gasteiger partial charge in [0.2, 0.25) is 0 Å². The van der Waals surface area contributed by atoms with Gasteiger partial charge in [0.25, 0.3) is 0 Å². The third-order valence-electron chi connectivity index (χ3n) is 2.38. The van der Waals surface area contributed by atoms with E-state index < -0.39 is 0 Å². The summed E-state index contributed by atoms with van der Waals surface area (Å²) < 4.78 is 0. The summed E-state index contributed by atoms with van der Waals surface area (Å²) in [6, 6.07) is 0. The SMILES string of the molecule is [CH2-]CCCCN([CH2-])CCCCCNC.[Y].[Y].[Y]. The molecule has 95 valence electrons. The monoisotopic (exact) mass is 465 g/mol. The molecule has 0 spiro atoms. The molecule has 0 aromatic rings. The summed E-state index contributed by atoms with van der Waals surface area (Å²) in [5.41, 5.74) is 0. The molecule has 5 heteroatoms. The van der Waals surface area contributed by atoms with Crippen LogP contribution in [0.4, 0.5) is 0 Å². The number of hydrogen-bond acceptors (Lipinski definition) is 2. The van der Waals surface area contributed by atoms with Crippen molar-refractivity contribution in [3.05, 3.63) is 14.0 Å². The Bertz CT molecular complexity index is 116. The number of hydrogen-bond donors (Lipinski definition) is 1. The Morgan fingerprint density at radius 1 is 0.882 bits per heavy atom. The third-order valence-corrected chi connectivity index (χ3v) is 2.38. The minimum Gasteiger partial charge on any atom is -0.459 e. The summed E-state index contributed by atoms with van der Waals surface area (Å²) in [4.78, 5) is 2.19. The Hall–Kier alpha value is 3.23. The molecular formula is C12H26N2Y3-2. The summed E-state index contributed by atoms with van der Waals surface area (Å²) >= 11 is 0. The van der Waals surface area contributed by atoms with Gasteiger partial charge in [-0.2, -0.15) is 6.42 Å². The van der Waals surface area contributed by atoms with Crippen molar-refractivity contribution in [2.75, 3.05) is 26.7 Å². The molecular weight excluding hydrogens is 439 g/mol. The standard InChI is InChI=1S/C12H26N2.3Y/c1-4-5-8-11-14(3)12-9-6-7-10-13-2;;;/h13H,1,3-12H2,2H3;;;/q-2;;;. The van der Waals surface area contributed by atoms with Gasteiger partial charge in [0.15, 0.2) is 0 Å². The van der Waals surface area contributed by atoms with Crippen LogP contribution in [0.25, 0.3) is 0 Å². The zero-order chi connectivity index (χ0) is 10.6. The van der Waals surface area contributed by atoms with Crippen LogP contribution in [0.1, 0.15) is 38.5 Å². The van der Waals surface area contributed by atoms with Crippen molar-refractivity contribution < 1.29 is 98.1 Å². The summed E-state index contributed by atoms with van der Waals surface area (Å²) in [6.07, 6.45) is 7.38. The van der Waals surface area contributed by atoms with Crippen molar-refractivity contribution in [2.24, 2.45) is 0 Å². The topological polar surface area (TPSA) is 15.3 Å². The zero-order valence-electron chi connectivity index (χ0n) is 11.5. The minimum absolute atomic E-state index is 0. The van der Waals surface area contributed by atoms with E-state index in [1.54, 1.807) is 0 Å². The van der Waals surface area contributed by atoms with Gasteiger partial charge in [-0.05, 0) is 45.9 Å². The van der Waals surface area contributed by atoms with E-state index in [9.17, 15) is 0 Å². The van der Waals surface area contributed by atoms with Crippen LogP contribution < -0.4 is 5.32 Å². The molecule has 1 N–H and O–H groups in total. The maximum absolute atomic E-state index is 4.02. The minimum atomic E-state index is 0. The molecule has 0 aliphatic carbocycles. The van der Waals surface area contributed by atoms with E-state index in [4.69, 9.17) is 0 Å². The van der Waals surface area contributed by atoms with Crippen LogP contribution in [-0.4, -0.2) is 31.6 Å². The maximum atomic E-state index is 4.02. The van der Waals surface area contributed by atoms with Gasteiger partial charge < -0.3 is 17.1 Å². The van der Waals surface area contributed by atoms with Crippen LogP contribution in [0, 0.1) is 14.0 Å². The third kappa shape index (κ3) is 24.6. The van der Waals surface area contributed by atoms with Crippen LogP contribution in [-0.2, 0) is 98.1 Å². The quantitative estimate of drug-likeness (QED) is 0.394. The number of nitrogens with zero attached hydrogens (tertiary/aromatic N) is 1. The second-order valence-corrected chi connectivity index (χ2v) is 3.84. The second kappa shape index (κ2) is 24.3. The Morgan fingerprint density at radius 2 is 1.41 bits per heavy atom. The largest absolute Gasteiger partial charge is 0.459 e. The Morgan fingerprint density at radius 3 is 1.88 bits per heavy atom. The molecule has 0 unspecified atom stereocenters. The first-order valence-electron chi connectivity index (χ1n) is 5.80. The van der Waals surface area contributed by atoms with Crippen molar-refractivity contribution in [3.63, 3.8) is 0 Å². The van der Waals surface area contributed by atoms with E-state index >= 15 is 0 Å². The molecule has 0 rings (SSSR count). The van der Waals surface area contributed by atoms with Gasteiger partial charge in [0, 0.05) is 98.1 Å². The second-order valence-electron chi connectivity index (χ2n) is 3.84. The van der Waals surface area contributed by atoms with E-state index in [0.29, 0.717) is 0 Å². The van der Waals surface area contributed by atoms with Gasteiger partial charge in [-0.1, -0.05) is 12.8 Å². The average molecular weight is 465 g/mol. The summed E-state index contributed by atoms with van der Waals surface area (Å²) in [5.74, 6) is 0. The van der Waals surface area contributed by atoms with E-state index in [1.165, 1.54) is 32.1 Å². The fourth-order valence-corrected chi connectivity index (χ4v) is 1.44. The van der Waals surface area contributed by atoms with Crippen molar-refractivity contribution in [3.8, 4) is 0 Å². The molecule has 0 heterocycles. The van der Waals surface area contributed by atoms with E-state index in [0.717, 1.165) is 26.1 Å². The van der Waals surface area contributed by atoms with Crippen LogP contribution in [0.3, 0.4) is 0 Å². The molecule has 0 saturated heterocycles. The fourth-order valence-electron chi connectivity index (χ4n) is 1.44. The van der Waals surface area contributed by atoms with Crippen LogP contribution in [0.5, 0.6) is 0 Å². The van der Waals surface area contributed by atoms with E-state index in [2.05, 4.69) is 24.2 Å². The van der Waals surface area contributed by atoms with Gasteiger partial charge in [-0.25, -0.2) is 0 Å². The van der Waals surface area contributed by atoms with Crippen LogP contribution >= 0.6 is 0 Å². The average Bonchev–Trinajstić information content (AvgIpc) is 2.18. The molecule has 0 aromatic heterocycles. The molecule has 2 nitrogen and oxygen atoms in total. The molecule has 0 amide bonds. The van der Waals surface area contributed by atoms with Gasteiger partial charge in [0.05, 0.1) is 0 Å². The molecule has 0 fully saturated rings. The van der Waals surface area contributed by atoms with Crippen molar-refractivity contribution in [1.82, 2.24) is 10.2 Å². The van der Waals surface area contributed by atoms with Crippen molar-refractivity contribution >= 4 is 0 Å². The van der Waals surface area contributed by atoms with Crippen molar-refractivity contribution in [2.45, 2.75) is 38.5 Å². The fraction of sp³-hybridized carbons (Fsp3) is 0.833. The number of nitrogens with one attached hydrogen (secondary N) is 1. The summed E-state index contributed by atoms with van der Waals surface area (Å²) in [7, 11) is 6.03. The van der Waals surface area contributed by atoms with Crippen LogP contribution in [0.15, 0.2) is 0 Å². The predicted molar refractivity (Wildman–Crippen MR) is 63.9 cm³/mol. The first-order valence-corrected chi connectivity index (χ1v) is 5.80. The van der Waals surface area contributed by atoms with Crippen LogP contribution in [0.2, 0.25) is 0 Å². The smallest absolute Gasteiger partial charge is 0 e. The molecule has 3 radical (unpaired) electrons. The maximum Gasteiger partial charge on any atom is 0 e. The summed E-state index contributed by atoms with van der Waals surface area (Å²) in [5, 5.41) is 3.16. The molecule has 0 saturated carbocycles. The number of rotatable bonds is 10. The summed E-state index contributed by atoms with van der Waals surface area (Å²) in [6.45, 7) is 7.24. The first-order chi connectivity index (χ1) is 6.81. The molecule has 0 aliphatic rings. The molecule has 0 aliphatic heterocycles. The Balaban J connectivity index is -0.000000282. The van der Waals surface area contributed by atoms with E-state index in [1.807, 2.05) is 7.05 Å². The predicted octanol–water partition coefficient (Wildman–Crippen LogP) is 2.47. The van der Waals surface area contributed by atoms with Gasteiger partial charge in [-0.15, -0.1) is 0 Å². The van der Waals surface area contributed by atoms with Crippen molar-refractivity contribution in [1.29, 1.82) is 0 Å². The molecule has 17 heavy (non-hydrogen) atoms. The van der Waals surface area contributed by atoms with Gasteiger partial charge >= 0.3 is 0 Å². The Kier molecular flexibility index (Phi) is 40.5. The Labute approximate surface area is 184 Å².